The molecule has 2 rings (SSSR count). The Kier molecular flexibility index (Phi) is 5.62. The molecule has 0 saturated carbocycles. The van der Waals surface area contributed by atoms with Gasteiger partial charge in [-0.2, -0.15) is 4.31 Å². The second kappa shape index (κ2) is 7.29. The van der Waals surface area contributed by atoms with Crippen LogP contribution in [0, 0.1) is 0 Å². The van der Waals surface area contributed by atoms with Crippen LogP contribution < -0.4 is 4.90 Å². The fourth-order valence-corrected chi connectivity index (χ4v) is 3.63. The summed E-state index contributed by atoms with van der Waals surface area (Å²) in [6, 6.07) is 10.8. The second-order valence-corrected chi connectivity index (χ2v) is 7.63. The van der Waals surface area contributed by atoms with Gasteiger partial charge in [0.05, 0.1) is 0 Å². The molecule has 0 bridgehead atoms. The number of rotatable bonds is 6. The molecule has 5 nitrogen and oxygen atoms in total. The van der Waals surface area contributed by atoms with Gasteiger partial charge < -0.3 is 4.90 Å². The van der Waals surface area contributed by atoms with Gasteiger partial charge >= 0.3 is 0 Å². The van der Waals surface area contributed by atoms with Crippen molar-refractivity contribution in [3.05, 3.63) is 53.3 Å². The molecule has 0 radical (unpaired) electrons. The lowest BCUT2D eigenvalue weighted by molar-refractivity contribution is 0.423. The lowest BCUT2D eigenvalue weighted by Crippen LogP contribution is -2.30. The highest BCUT2D eigenvalue weighted by Gasteiger charge is 2.23. The van der Waals surface area contributed by atoms with Gasteiger partial charge in [-0.15, -0.1) is 0 Å². The molecule has 1 aromatic carbocycles. The van der Waals surface area contributed by atoms with Gasteiger partial charge in [0.15, 0.2) is 0 Å². The minimum Gasteiger partial charge on any atom is -0.378 e. The number of halogens is 1. The Morgan fingerprint density at radius 2 is 1.74 bits per heavy atom. The molecular formula is C16H20ClN3O2S. The van der Waals surface area contributed by atoms with Gasteiger partial charge in [-0.25, -0.2) is 13.4 Å². The number of aromatic nitrogens is 1. The van der Waals surface area contributed by atoms with E-state index in [9.17, 15) is 8.42 Å². The monoisotopic (exact) mass is 353 g/mol. The highest BCUT2D eigenvalue weighted by atomic mass is 35.5. The van der Waals surface area contributed by atoms with Gasteiger partial charge in [-0.3, -0.25) is 0 Å². The quantitative estimate of drug-likeness (QED) is 0.749. The molecule has 0 aliphatic heterocycles. The van der Waals surface area contributed by atoms with E-state index >= 15 is 0 Å². The average molecular weight is 354 g/mol. The Bertz CT molecular complexity index is 744. The molecule has 0 unspecified atom stereocenters. The number of anilines is 1. The molecule has 7 heteroatoms. The van der Waals surface area contributed by atoms with Crippen LogP contribution in [0.15, 0.2) is 47.5 Å². The lowest BCUT2D eigenvalue weighted by atomic mass is 10.2. The predicted octanol–water partition coefficient (Wildman–Crippen LogP) is 3.01. The molecule has 0 aliphatic carbocycles. The van der Waals surface area contributed by atoms with Crippen molar-refractivity contribution in [1.29, 1.82) is 0 Å². The van der Waals surface area contributed by atoms with E-state index in [4.69, 9.17) is 11.6 Å². The summed E-state index contributed by atoms with van der Waals surface area (Å²) < 4.78 is 26.8. The Balaban J connectivity index is 2.23. The molecule has 124 valence electrons. The summed E-state index contributed by atoms with van der Waals surface area (Å²) in [5.74, 6) is 0. The van der Waals surface area contributed by atoms with Gasteiger partial charge in [-0.05, 0) is 29.8 Å². The molecule has 0 spiro atoms. The molecule has 0 atom stereocenters. The fourth-order valence-electron chi connectivity index (χ4n) is 2.13. The van der Waals surface area contributed by atoms with Crippen LogP contribution in [0.1, 0.15) is 12.5 Å². The Hall–Kier alpha value is -1.63. The number of sulfonamides is 1. The SMILES string of the molecule is CCN(Cc1ccc(N(C)C)cc1)S(=O)(=O)c1ccc(Cl)nc1. The predicted molar refractivity (Wildman–Crippen MR) is 93.3 cm³/mol. The fraction of sp³-hybridized carbons (Fsp3) is 0.312. The molecule has 1 aromatic heterocycles. The van der Waals surface area contributed by atoms with Crippen molar-refractivity contribution in [2.75, 3.05) is 25.5 Å². The zero-order valence-electron chi connectivity index (χ0n) is 13.4. The maximum atomic E-state index is 12.7. The van der Waals surface area contributed by atoms with Crippen molar-refractivity contribution in [3.63, 3.8) is 0 Å². The first kappa shape index (κ1) is 17.7. The molecular weight excluding hydrogens is 334 g/mol. The van der Waals surface area contributed by atoms with Gasteiger partial charge in [0.1, 0.15) is 10.0 Å². The second-order valence-electron chi connectivity index (χ2n) is 5.31. The number of hydrogen-bond acceptors (Lipinski definition) is 4. The van der Waals surface area contributed by atoms with Crippen LogP contribution in [0.3, 0.4) is 0 Å². The van der Waals surface area contributed by atoms with E-state index in [0.29, 0.717) is 13.1 Å². The largest absolute Gasteiger partial charge is 0.378 e. The molecule has 0 N–H and O–H groups in total. The van der Waals surface area contributed by atoms with E-state index in [-0.39, 0.29) is 10.0 Å². The molecule has 1 heterocycles. The van der Waals surface area contributed by atoms with E-state index in [1.807, 2.05) is 50.2 Å². The topological polar surface area (TPSA) is 53.5 Å². The summed E-state index contributed by atoms with van der Waals surface area (Å²) in [5.41, 5.74) is 2.00. The van der Waals surface area contributed by atoms with Crippen LogP contribution in [0.4, 0.5) is 5.69 Å². The highest BCUT2D eigenvalue weighted by Crippen LogP contribution is 2.20. The molecule has 0 saturated heterocycles. The normalized spacial score (nSPS) is 11.7. The summed E-state index contributed by atoms with van der Waals surface area (Å²) in [6.45, 7) is 2.50. The molecule has 2 aromatic rings. The van der Waals surface area contributed by atoms with Gasteiger partial charge in [0, 0.05) is 39.1 Å². The lowest BCUT2D eigenvalue weighted by Gasteiger charge is -2.21. The first-order chi connectivity index (χ1) is 10.8. The zero-order valence-corrected chi connectivity index (χ0v) is 15.0. The van der Waals surface area contributed by atoms with E-state index in [1.54, 1.807) is 0 Å². The summed E-state index contributed by atoms with van der Waals surface area (Å²) >= 11 is 5.72. The highest BCUT2D eigenvalue weighted by molar-refractivity contribution is 7.89. The molecule has 0 aliphatic rings. The van der Waals surface area contributed by atoms with Crippen LogP contribution in [-0.2, 0) is 16.6 Å². The molecule has 0 amide bonds. The summed E-state index contributed by atoms with van der Waals surface area (Å²) in [4.78, 5) is 6.00. The van der Waals surface area contributed by atoms with Crippen molar-refractivity contribution < 1.29 is 8.42 Å². The number of nitrogens with zero attached hydrogens (tertiary/aromatic N) is 3. The average Bonchev–Trinajstić information content (AvgIpc) is 2.53. The Labute approximate surface area is 142 Å². The van der Waals surface area contributed by atoms with E-state index < -0.39 is 10.0 Å². The van der Waals surface area contributed by atoms with Crippen LogP contribution in [-0.4, -0.2) is 38.3 Å². The van der Waals surface area contributed by atoms with Crippen molar-refractivity contribution in [2.45, 2.75) is 18.4 Å². The van der Waals surface area contributed by atoms with E-state index in [1.165, 1.54) is 22.6 Å². The first-order valence-electron chi connectivity index (χ1n) is 7.22. The first-order valence-corrected chi connectivity index (χ1v) is 9.04. The third-order valence-electron chi connectivity index (χ3n) is 3.50. The van der Waals surface area contributed by atoms with Gasteiger partial charge in [0.2, 0.25) is 10.0 Å². The summed E-state index contributed by atoms with van der Waals surface area (Å²) in [5, 5.41) is 0.270. The maximum Gasteiger partial charge on any atom is 0.244 e. The van der Waals surface area contributed by atoms with Crippen molar-refractivity contribution in [2.24, 2.45) is 0 Å². The maximum absolute atomic E-state index is 12.7. The van der Waals surface area contributed by atoms with E-state index in [2.05, 4.69) is 4.98 Å². The smallest absolute Gasteiger partial charge is 0.244 e. The number of benzene rings is 1. The van der Waals surface area contributed by atoms with E-state index in [0.717, 1.165) is 11.3 Å². The minimum atomic E-state index is -3.59. The van der Waals surface area contributed by atoms with Crippen molar-refractivity contribution >= 4 is 27.3 Å². The summed E-state index contributed by atoms with van der Waals surface area (Å²) in [7, 11) is 0.337. The molecule has 0 fully saturated rings. The Morgan fingerprint density at radius 3 is 2.22 bits per heavy atom. The van der Waals surface area contributed by atoms with Crippen LogP contribution >= 0.6 is 11.6 Å². The van der Waals surface area contributed by atoms with Crippen LogP contribution in [0.25, 0.3) is 0 Å². The van der Waals surface area contributed by atoms with Crippen molar-refractivity contribution in [3.8, 4) is 0 Å². The van der Waals surface area contributed by atoms with Gasteiger partial charge in [-0.1, -0.05) is 30.7 Å². The van der Waals surface area contributed by atoms with Crippen LogP contribution in [0.5, 0.6) is 0 Å². The van der Waals surface area contributed by atoms with Crippen molar-refractivity contribution in [1.82, 2.24) is 9.29 Å². The zero-order chi connectivity index (χ0) is 17.0. The third-order valence-corrected chi connectivity index (χ3v) is 5.63. The van der Waals surface area contributed by atoms with Crippen LogP contribution in [0.2, 0.25) is 5.15 Å². The third kappa shape index (κ3) is 4.22. The Morgan fingerprint density at radius 1 is 1.09 bits per heavy atom. The number of pyridine rings is 1. The van der Waals surface area contributed by atoms with Gasteiger partial charge in [0.25, 0.3) is 0 Å². The summed E-state index contributed by atoms with van der Waals surface area (Å²) in [6.07, 6.45) is 1.29. The minimum absolute atomic E-state index is 0.147. The number of hydrogen-bond donors (Lipinski definition) is 0. The standard InChI is InChI=1S/C16H20ClN3O2S/c1-4-20(12-13-5-7-14(8-6-13)19(2)3)23(21,22)15-9-10-16(17)18-11-15/h5-11H,4,12H2,1-3H3. The molecule has 23 heavy (non-hydrogen) atoms.